The SMILES string of the molecule is Br.CCCc1nc(C)n(-c2ccc3c(c2)C=CC(C)(C)O3)c(=O)c1Cc1ccc(-c2ccccc2-c2noc(=O)[nH]2)cc1. The number of nitrogens with zero attached hydrogens (tertiary/aromatic N) is 3. The lowest BCUT2D eigenvalue weighted by molar-refractivity contribution is 0.159. The van der Waals surface area contributed by atoms with Crippen LogP contribution in [0.25, 0.3) is 34.3 Å². The van der Waals surface area contributed by atoms with Gasteiger partial charge in [-0.05, 0) is 68.2 Å². The number of hydrogen-bond donors (Lipinski definition) is 1. The molecule has 0 saturated heterocycles. The van der Waals surface area contributed by atoms with Gasteiger partial charge in [0.1, 0.15) is 17.2 Å². The minimum atomic E-state index is -0.598. The molecule has 0 amide bonds. The summed E-state index contributed by atoms with van der Waals surface area (Å²) in [5.74, 6) is 1.23. The standard InChI is InChI=1S/C34H32N4O4.BrH/c1-5-8-29-28(32(39)38(21(2)35-29)25-15-16-30-24(20-25)17-18-34(3,4)41-30)19-22-11-13-23(14-12-22)26-9-6-7-10-27(26)31-36-33(40)42-37-31;/h6-7,9-18,20H,5,8,19H2,1-4H3,(H,36,37,40);1H. The molecule has 5 aromatic rings. The molecule has 0 atom stereocenters. The first kappa shape index (κ1) is 30.0. The zero-order valence-corrected chi connectivity index (χ0v) is 26.2. The maximum Gasteiger partial charge on any atom is 0.439 e. The van der Waals surface area contributed by atoms with Gasteiger partial charge in [0.2, 0.25) is 0 Å². The molecule has 6 rings (SSSR count). The molecule has 0 spiro atoms. The van der Waals surface area contributed by atoms with Crippen molar-refractivity contribution in [2.75, 3.05) is 0 Å². The van der Waals surface area contributed by atoms with Gasteiger partial charge in [-0.15, -0.1) is 17.0 Å². The van der Waals surface area contributed by atoms with E-state index in [1.807, 2.05) is 99.7 Å². The van der Waals surface area contributed by atoms with Gasteiger partial charge in [0.05, 0.1) is 11.4 Å². The summed E-state index contributed by atoms with van der Waals surface area (Å²) in [5.41, 5.74) is 6.43. The van der Waals surface area contributed by atoms with E-state index in [2.05, 4.69) is 17.1 Å². The van der Waals surface area contributed by atoms with Crippen molar-refractivity contribution in [2.24, 2.45) is 0 Å². The summed E-state index contributed by atoms with van der Waals surface area (Å²) in [4.78, 5) is 33.1. The lowest BCUT2D eigenvalue weighted by atomic mass is 9.96. The van der Waals surface area contributed by atoms with Crippen molar-refractivity contribution in [1.82, 2.24) is 19.7 Å². The smallest absolute Gasteiger partial charge is 0.439 e. The first-order chi connectivity index (χ1) is 20.2. The number of rotatable bonds is 7. The molecule has 43 heavy (non-hydrogen) atoms. The summed E-state index contributed by atoms with van der Waals surface area (Å²) >= 11 is 0. The topological polar surface area (TPSA) is 103 Å². The number of aryl methyl sites for hydroxylation is 2. The van der Waals surface area contributed by atoms with Crippen LogP contribution in [0.4, 0.5) is 0 Å². The van der Waals surface area contributed by atoms with Crippen LogP contribution in [0.2, 0.25) is 0 Å². The maximum atomic E-state index is 14.1. The first-order valence-electron chi connectivity index (χ1n) is 14.1. The zero-order valence-electron chi connectivity index (χ0n) is 24.5. The van der Waals surface area contributed by atoms with Gasteiger partial charge in [-0.1, -0.05) is 73.1 Å². The Kier molecular flexibility index (Phi) is 8.37. The van der Waals surface area contributed by atoms with Crippen molar-refractivity contribution in [3.8, 4) is 34.0 Å². The van der Waals surface area contributed by atoms with Crippen LogP contribution in [-0.4, -0.2) is 25.3 Å². The molecule has 3 heterocycles. The van der Waals surface area contributed by atoms with Gasteiger partial charge in [0.15, 0.2) is 5.82 Å². The summed E-state index contributed by atoms with van der Waals surface area (Å²) in [6.07, 6.45) is 6.14. The van der Waals surface area contributed by atoms with Crippen molar-refractivity contribution in [2.45, 2.75) is 52.6 Å². The molecule has 8 nitrogen and oxygen atoms in total. The Balaban J connectivity index is 0.00000368. The second-order valence-corrected chi connectivity index (χ2v) is 11.1. The van der Waals surface area contributed by atoms with Crippen LogP contribution in [0.5, 0.6) is 5.75 Å². The molecule has 0 unspecified atom stereocenters. The van der Waals surface area contributed by atoms with Gasteiger partial charge >= 0.3 is 5.76 Å². The number of aromatic amines is 1. The van der Waals surface area contributed by atoms with Crippen LogP contribution in [0.3, 0.4) is 0 Å². The second-order valence-electron chi connectivity index (χ2n) is 11.1. The van der Waals surface area contributed by atoms with Gasteiger partial charge in [-0.3, -0.25) is 18.9 Å². The first-order valence-corrected chi connectivity index (χ1v) is 14.1. The number of hydrogen-bond acceptors (Lipinski definition) is 6. The minimum absolute atomic E-state index is 0. The summed E-state index contributed by atoms with van der Waals surface area (Å²) < 4.78 is 12.5. The predicted octanol–water partition coefficient (Wildman–Crippen LogP) is 6.86. The number of H-pyrrole nitrogens is 1. The highest BCUT2D eigenvalue weighted by atomic mass is 79.9. The molecule has 1 N–H and O–H groups in total. The highest BCUT2D eigenvalue weighted by Gasteiger charge is 2.23. The van der Waals surface area contributed by atoms with E-state index in [9.17, 15) is 9.59 Å². The summed E-state index contributed by atoms with van der Waals surface area (Å²) in [7, 11) is 0. The Hall–Kier alpha value is -4.50. The molecular formula is C34H33BrN4O4. The Morgan fingerprint density at radius 2 is 1.72 bits per heavy atom. The molecule has 3 aromatic carbocycles. The quantitative estimate of drug-likeness (QED) is 0.208. The molecular weight excluding hydrogens is 608 g/mol. The number of halogens is 1. The van der Waals surface area contributed by atoms with Crippen LogP contribution in [0.1, 0.15) is 55.4 Å². The van der Waals surface area contributed by atoms with E-state index in [1.165, 1.54) is 0 Å². The van der Waals surface area contributed by atoms with Gasteiger partial charge in [-0.25, -0.2) is 9.78 Å². The normalized spacial score (nSPS) is 13.2. The van der Waals surface area contributed by atoms with E-state index in [-0.39, 0.29) is 28.1 Å². The number of fused-ring (bicyclic) bond motifs is 1. The number of ether oxygens (including phenoxy) is 1. The van der Waals surface area contributed by atoms with Crippen LogP contribution in [-0.2, 0) is 12.8 Å². The third kappa shape index (κ3) is 6.03. The molecule has 2 aromatic heterocycles. The molecule has 0 radical (unpaired) electrons. The fourth-order valence-electron chi connectivity index (χ4n) is 5.44. The average molecular weight is 642 g/mol. The number of benzene rings is 3. The van der Waals surface area contributed by atoms with Crippen LogP contribution in [0, 0.1) is 6.92 Å². The maximum absolute atomic E-state index is 14.1. The highest BCUT2D eigenvalue weighted by molar-refractivity contribution is 8.93. The van der Waals surface area contributed by atoms with Crippen LogP contribution in [0.15, 0.2) is 86.9 Å². The molecule has 0 fully saturated rings. The molecule has 9 heteroatoms. The highest BCUT2D eigenvalue weighted by Crippen LogP contribution is 2.33. The van der Waals surface area contributed by atoms with E-state index in [4.69, 9.17) is 14.2 Å². The average Bonchev–Trinajstić information content (AvgIpc) is 3.41. The second kappa shape index (κ2) is 12.0. The van der Waals surface area contributed by atoms with E-state index >= 15 is 0 Å². The molecule has 1 aliphatic heterocycles. The third-order valence-electron chi connectivity index (χ3n) is 7.47. The monoisotopic (exact) mass is 640 g/mol. The predicted molar refractivity (Wildman–Crippen MR) is 173 cm³/mol. The lowest BCUT2D eigenvalue weighted by Gasteiger charge is -2.28. The fourth-order valence-corrected chi connectivity index (χ4v) is 5.44. The molecule has 0 aliphatic carbocycles. The number of nitrogens with one attached hydrogen (secondary N) is 1. The number of aromatic nitrogens is 4. The van der Waals surface area contributed by atoms with Gasteiger partial charge in [-0.2, -0.15) is 0 Å². The van der Waals surface area contributed by atoms with E-state index in [0.29, 0.717) is 23.6 Å². The Labute approximate surface area is 259 Å². The van der Waals surface area contributed by atoms with E-state index in [1.54, 1.807) is 4.57 Å². The summed E-state index contributed by atoms with van der Waals surface area (Å²) in [5, 5.41) is 3.86. The summed E-state index contributed by atoms with van der Waals surface area (Å²) in [6, 6.07) is 21.6. The van der Waals surface area contributed by atoms with Crippen molar-refractivity contribution >= 4 is 23.1 Å². The van der Waals surface area contributed by atoms with E-state index < -0.39 is 5.76 Å². The van der Waals surface area contributed by atoms with Crippen LogP contribution < -0.4 is 16.1 Å². The van der Waals surface area contributed by atoms with Gasteiger partial charge < -0.3 is 4.74 Å². The minimum Gasteiger partial charge on any atom is -0.483 e. The molecule has 0 bridgehead atoms. The molecule has 220 valence electrons. The van der Waals surface area contributed by atoms with Gasteiger partial charge in [0.25, 0.3) is 5.56 Å². The zero-order chi connectivity index (χ0) is 29.4. The van der Waals surface area contributed by atoms with E-state index in [0.717, 1.165) is 57.8 Å². The van der Waals surface area contributed by atoms with Crippen molar-refractivity contribution < 1.29 is 9.26 Å². The fraction of sp³-hybridized carbons (Fsp3) is 0.235. The molecule has 1 aliphatic rings. The Bertz CT molecular complexity index is 1930. The van der Waals surface area contributed by atoms with Crippen LogP contribution >= 0.6 is 17.0 Å². The van der Waals surface area contributed by atoms with Crippen molar-refractivity contribution in [1.29, 1.82) is 0 Å². The Morgan fingerprint density at radius 3 is 2.42 bits per heavy atom. The third-order valence-corrected chi connectivity index (χ3v) is 7.47. The van der Waals surface area contributed by atoms with Crippen molar-refractivity contribution in [3.05, 3.63) is 122 Å². The lowest BCUT2D eigenvalue weighted by Crippen LogP contribution is -2.29. The van der Waals surface area contributed by atoms with Crippen molar-refractivity contribution in [3.63, 3.8) is 0 Å². The Morgan fingerprint density at radius 1 is 0.977 bits per heavy atom. The summed E-state index contributed by atoms with van der Waals surface area (Å²) in [6.45, 7) is 8.01. The molecule has 0 saturated carbocycles. The largest absolute Gasteiger partial charge is 0.483 e. The van der Waals surface area contributed by atoms with Gasteiger partial charge in [0, 0.05) is 23.1 Å².